The van der Waals surface area contributed by atoms with Gasteiger partial charge in [0.25, 0.3) is 0 Å². The molecule has 0 aromatic carbocycles. The maximum atomic E-state index is 11.0. The van der Waals surface area contributed by atoms with Crippen LogP contribution in [-0.4, -0.2) is 23.1 Å². The standard InChI is InChI=1S/C11H20O2S/c1-8-3-4-10(11(12)13)9(7-8)5-6-14-2/h8-10H,3-7H2,1-2H3,(H,12,13). The topological polar surface area (TPSA) is 37.3 Å². The fraction of sp³-hybridized carbons (Fsp3) is 0.909. The second-order valence-corrected chi connectivity index (χ2v) is 5.39. The fourth-order valence-corrected chi connectivity index (χ4v) is 2.95. The zero-order valence-corrected chi connectivity index (χ0v) is 9.85. The first-order chi connectivity index (χ1) is 6.65. The Kier molecular flexibility index (Phi) is 4.79. The molecule has 0 heterocycles. The van der Waals surface area contributed by atoms with Gasteiger partial charge in [-0.15, -0.1) is 0 Å². The number of carbonyl (C=O) groups is 1. The van der Waals surface area contributed by atoms with Crippen molar-refractivity contribution < 1.29 is 9.90 Å². The number of rotatable bonds is 4. The van der Waals surface area contributed by atoms with Crippen molar-refractivity contribution in [3.8, 4) is 0 Å². The molecule has 0 aromatic heterocycles. The predicted octanol–water partition coefficient (Wildman–Crippen LogP) is 2.88. The third-order valence-corrected chi connectivity index (χ3v) is 3.90. The van der Waals surface area contributed by atoms with E-state index in [0.717, 1.165) is 37.4 Å². The Morgan fingerprint density at radius 2 is 2.21 bits per heavy atom. The van der Waals surface area contributed by atoms with Crippen molar-refractivity contribution in [2.45, 2.75) is 32.6 Å². The smallest absolute Gasteiger partial charge is 0.306 e. The molecule has 1 aliphatic rings. The Bertz CT molecular complexity index is 194. The van der Waals surface area contributed by atoms with E-state index in [-0.39, 0.29) is 5.92 Å². The number of aliphatic carboxylic acids is 1. The van der Waals surface area contributed by atoms with Crippen LogP contribution in [0.15, 0.2) is 0 Å². The van der Waals surface area contributed by atoms with Crippen molar-refractivity contribution in [1.82, 2.24) is 0 Å². The first-order valence-corrected chi connectivity index (χ1v) is 6.76. The lowest BCUT2D eigenvalue weighted by Gasteiger charge is -2.32. The summed E-state index contributed by atoms with van der Waals surface area (Å²) in [6, 6.07) is 0. The van der Waals surface area contributed by atoms with Crippen molar-refractivity contribution in [2.24, 2.45) is 17.8 Å². The Labute approximate surface area is 90.5 Å². The average molecular weight is 216 g/mol. The molecule has 14 heavy (non-hydrogen) atoms. The second kappa shape index (κ2) is 5.64. The van der Waals surface area contributed by atoms with Crippen LogP contribution in [0.5, 0.6) is 0 Å². The Hall–Kier alpha value is -0.180. The number of carboxylic acids is 1. The molecule has 1 saturated carbocycles. The minimum Gasteiger partial charge on any atom is -0.481 e. The van der Waals surface area contributed by atoms with Crippen molar-refractivity contribution >= 4 is 17.7 Å². The summed E-state index contributed by atoms with van der Waals surface area (Å²) in [5.41, 5.74) is 0. The SMILES string of the molecule is CSCCC1CC(C)CCC1C(=O)O. The molecule has 0 aromatic rings. The van der Waals surface area contributed by atoms with Crippen LogP contribution in [0.3, 0.4) is 0 Å². The van der Waals surface area contributed by atoms with Gasteiger partial charge in [0.05, 0.1) is 5.92 Å². The van der Waals surface area contributed by atoms with Crippen molar-refractivity contribution in [3.05, 3.63) is 0 Å². The van der Waals surface area contributed by atoms with E-state index in [1.807, 2.05) is 11.8 Å². The van der Waals surface area contributed by atoms with Gasteiger partial charge in [-0.1, -0.05) is 6.92 Å². The zero-order valence-electron chi connectivity index (χ0n) is 9.03. The van der Waals surface area contributed by atoms with E-state index in [9.17, 15) is 4.79 Å². The minimum atomic E-state index is -0.581. The normalized spacial score (nSPS) is 32.9. The van der Waals surface area contributed by atoms with Crippen LogP contribution in [0, 0.1) is 17.8 Å². The van der Waals surface area contributed by atoms with Gasteiger partial charge >= 0.3 is 5.97 Å². The Morgan fingerprint density at radius 3 is 2.79 bits per heavy atom. The van der Waals surface area contributed by atoms with E-state index >= 15 is 0 Å². The van der Waals surface area contributed by atoms with Gasteiger partial charge in [0, 0.05) is 0 Å². The average Bonchev–Trinajstić information content (AvgIpc) is 2.14. The molecule has 1 fully saturated rings. The monoisotopic (exact) mass is 216 g/mol. The first kappa shape index (κ1) is 11.9. The number of thioether (sulfide) groups is 1. The lowest BCUT2D eigenvalue weighted by molar-refractivity contribution is -0.145. The van der Waals surface area contributed by atoms with Gasteiger partial charge in [0.2, 0.25) is 0 Å². The fourth-order valence-electron chi connectivity index (χ4n) is 2.41. The Balaban J connectivity index is 2.50. The van der Waals surface area contributed by atoms with E-state index in [4.69, 9.17) is 5.11 Å². The highest BCUT2D eigenvalue weighted by Crippen LogP contribution is 2.36. The van der Waals surface area contributed by atoms with Crippen LogP contribution >= 0.6 is 11.8 Å². The highest BCUT2D eigenvalue weighted by atomic mass is 32.2. The summed E-state index contributed by atoms with van der Waals surface area (Å²) in [5.74, 6) is 1.59. The van der Waals surface area contributed by atoms with Crippen molar-refractivity contribution in [1.29, 1.82) is 0 Å². The first-order valence-electron chi connectivity index (χ1n) is 5.37. The van der Waals surface area contributed by atoms with Gasteiger partial charge in [-0.2, -0.15) is 11.8 Å². The lowest BCUT2D eigenvalue weighted by atomic mass is 9.73. The maximum absolute atomic E-state index is 11.0. The van der Waals surface area contributed by atoms with Crippen LogP contribution in [-0.2, 0) is 4.79 Å². The zero-order chi connectivity index (χ0) is 10.6. The molecule has 3 heteroatoms. The third-order valence-electron chi connectivity index (χ3n) is 3.25. The van der Waals surface area contributed by atoms with Gasteiger partial charge in [-0.3, -0.25) is 4.79 Å². The summed E-state index contributed by atoms with van der Waals surface area (Å²) >= 11 is 1.82. The van der Waals surface area contributed by atoms with Gasteiger partial charge < -0.3 is 5.11 Å². The summed E-state index contributed by atoms with van der Waals surface area (Å²) in [6.45, 7) is 2.24. The molecule has 1 rings (SSSR count). The number of hydrogen-bond donors (Lipinski definition) is 1. The predicted molar refractivity (Wildman–Crippen MR) is 60.6 cm³/mol. The molecule has 3 unspecified atom stereocenters. The summed E-state index contributed by atoms with van der Waals surface area (Å²) < 4.78 is 0. The second-order valence-electron chi connectivity index (χ2n) is 4.40. The molecule has 0 bridgehead atoms. The van der Waals surface area contributed by atoms with E-state index in [1.54, 1.807) is 0 Å². The van der Waals surface area contributed by atoms with Crippen LogP contribution in [0.1, 0.15) is 32.6 Å². The van der Waals surface area contributed by atoms with Crippen LogP contribution in [0.4, 0.5) is 0 Å². The number of carboxylic acid groups (broad SMARTS) is 1. The molecule has 0 amide bonds. The van der Waals surface area contributed by atoms with Gasteiger partial charge in [0.1, 0.15) is 0 Å². The van der Waals surface area contributed by atoms with E-state index in [2.05, 4.69) is 13.2 Å². The lowest BCUT2D eigenvalue weighted by Crippen LogP contribution is -2.30. The molecule has 2 nitrogen and oxygen atoms in total. The van der Waals surface area contributed by atoms with Crippen LogP contribution in [0.2, 0.25) is 0 Å². The molecule has 0 radical (unpaired) electrons. The summed E-state index contributed by atoms with van der Waals surface area (Å²) in [6.07, 6.45) is 6.24. The minimum absolute atomic E-state index is 0.0710. The van der Waals surface area contributed by atoms with Crippen molar-refractivity contribution in [3.63, 3.8) is 0 Å². The molecule has 0 saturated heterocycles. The van der Waals surface area contributed by atoms with Crippen LogP contribution < -0.4 is 0 Å². The third kappa shape index (κ3) is 3.19. The van der Waals surface area contributed by atoms with Gasteiger partial charge in [-0.25, -0.2) is 0 Å². The molecule has 1 aliphatic carbocycles. The quantitative estimate of drug-likeness (QED) is 0.785. The van der Waals surface area contributed by atoms with Crippen LogP contribution in [0.25, 0.3) is 0 Å². The van der Waals surface area contributed by atoms with E-state index in [1.165, 1.54) is 0 Å². The molecule has 0 aliphatic heterocycles. The maximum Gasteiger partial charge on any atom is 0.306 e. The van der Waals surface area contributed by atoms with Gasteiger partial charge in [-0.05, 0) is 49.5 Å². The molecular formula is C11H20O2S. The van der Waals surface area contributed by atoms with E-state index < -0.39 is 5.97 Å². The molecular weight excluding hydrogens is 196 g/mol. The molecule has 82 valence electrons. The molecule has 0 spiro atoms. The molecule has 3 atom stereocenters. The highest BCUT2D eigenvalue weighted by molar-refractivity contribution is 7.98. The van der Waals surface area contributed by atoms with Crippen molar-refractivity contribution in [2.75, 3.05) is 12.0 Å². The molecule has 1 N–H and O–H groups in total. The Morgan fingerprint density at radius 1 is 1.50 bits per heavy atom. The summed E-state index contributed by atoms with van der Waals surface area (Å²) in [7, 11) is 0. The summed E-state index contributed by atoms with van der Waals surface area (Å²) in [4.78, 5) is 11.0. The van der Waals surface area contributed by atoms with Gasteiger partial charge in [0.15, 0.2) is 0 Å². The largest absolute Gasteiger partial charge is 0.481 e. The number of hydrogen-bond acceptors (Lipinski definition) is 2. The summed E-state index contributed by atoms with van der Waals surface area (Å²) in [5, 5.41) is 9.09. The van der Waals surface area contributed by atoms with E-state index in [0.29, 0.717) is 5.92 Å². The highest BCUT2D eigenvalue weighted by Gasteiger charge is 2.32.